The molecule has 0 spiro atoms. The SMILES string of the molecule is CON=C1C[C@H]2CN(S(=O)(=O)c3ccc(C)cc3)C[C@@H]12. The van der Waals surface area contributed by atoms with Crippen molar-refractivity contribution < 1.29 is 13.3 Å². The molecule has 2 atom stereocenters. The second-order valence-corrected chi connectivity index (χ2v) is 7.41. The van der Waals surface area contributed by atoms with Crippen LogP contribution in [-0.2, 0) is 14.9 Å². The van der Waals surface area contributed by atoms with Crippen molar-refractivity contribution in [2.75, 3.05) is 20.2 Å². The summed E-state index contributed by atoms with van der Waals surface area (Å²) in [5, 5.41) is 3.97. The molecule has 20 heavy (non-hydrogen) atoms. The number of rotatable bonds is 3. The summed E-state index contributed by atoms with van der Waals surface area (Å²) in [5.41, 5.74) is 2.04. The van der Waals surface area contributed by atoms with Crippen LogP contribution in [0.3, 0.4) is 0 Å². The smallest absolute Gasteiger partial charge is 0.243 e. The van der Waals surface area contributed by atoms with Crippen LogP contribution in [0.15, 0.2) is 34.3 Å². The van der Waals surface area contributed by atoms with E-state index in [9.17, 15) is 8.42 Å². The zero-order chi connectivity index (χ0) is 14.3. The average molecular weight is 294 g/mol. The minimum atomic E-state index is -3.38. The quantitative estimate of drug-likeness (QED) is 0.796. The van der Waals surface area contributed by atoms with Gasteiger partial charge in [-0.15, -0.1) is 0 Å². The van der Waals surface area contributed by atoms with Crippen molar-refractivity contribution in [3.63, 3.8) is 0 Å². The van der Waals surface area contributed by atoms with Crippen LogP contribution < -0.4 is 0 Å². The van der Waals surface area contributed by atoms with E-state index >= 15 is 0 Å². The molecule has 0 N–H and O–H groups in total. The van der Waals surface area contributed by atoms with E-state index in [0.29, 0.717) is 23.9 Å². The molecule has 5 nitrogen and oxygen atoms in total. The molecule has 1 saturated heterocycles. The van der Waals surface area contributed by atoms with Gasteiger partial charge in [-0.1, -0.05) is 22.9 Å². The van der Waals surface area contributed by atoms with E-state index in [-0.39, 0.29) is 5.92 Å². The van der Waals surface area contributed by atoms with E-state index in [2.05, 4.69) is 5.16 Å². The zero-order valence-corrected chi connectivity index (χ0v) is 12.4. The van der Waals surface area contributed by atoms with Gasteiger partial charge in [-0.05, 0) is 31.4 Å². The van der Waals surface area contributed by atoms with Gasteiger partial charge in [0.2, 0.25) is 10.0 Å². The summed E-state index contributed by atoms with van der Waals surface area (Å²) in [6.07, 6.45) is 0.846. The van der Waals surface area contributed by atoms with Crippen LogP contribution in [0, 0.1) is 18.8 Å². The average Bonchev–Trinajstić information content (AvgIpc) is 2.75. The summed E-state index contributed by atoms with van der Waals surface area (Å²) in [5.74, 6) is 0.624. The van der Waals surface area contributed by atoms with E-state index < -0.39 is 10.0 Å². The first-order valence-corrected chi connectivity index (χ1v) is 8.13. The Labute approximate surface area is 119 Å². The van der Waals surface area contributed by atoms with Crippen LogP contribution in [-0.4, -0.2) is 38.6 Å². The number of sulfonamides is 1. The van der Waals surface area contributed by atoms with Gasteiger partial charge in [0.1, 0.15) is 7.11 Å². The number of benzene rings is 1. The third kappa shape index (κ3) is 2.13. The first-order chi connectivity index (χ1) is 9.52. The summed E-state index contributed by atoms with van der Waals surface area (Å²) in [6.45, 7) is 3.05. The molecule has 0 aromatic heterocycles. The molecule has 0 bridgehead atoms. The van der Waals surface area contributed by atoms with Gasteiger partial charge < -0.3 is 4.84 Å². The first kappa shape index (κ1) is 13.6. The molecule has 2 fully saturated rings. The maximum atomic E-state index is 12.6. The summed E-state index contributed by atoms with van der Waals surface area (Å²) in [4.78, 5) is 5.16. The Morgan fingerprint density at radius 2 is 1.95 bits per heavy atom. The lowest BCUT2D eigenvalue weighted by Crippen LogP contribution is -2.36. The molecular formula is C14H18N2O3S. The molecule has 6 heteroatoms. The highest BCUT2D eigenvalue weighted by Gasteiger charge is 2.48. The Balaban J connectivity index is 1.81. The highest BCUT2D eigenvalue weighted by Crippen LogP contribution is 2.40. The van der Waals surface area contributed by atoms with Gasteiger partial charge in [0.05, 0.1) is 10.6 Å². The van der Waals surface area contributed by atoms with Gasteiger partial charge in [-0.2, -0.15) is 4.31 Å². The lowest BCUT2D eigenvalue weighted by molar-refractivity contribution is 0.203. The molecule has 1 aromatic carbocycles. The van der Waals surface area contributed by atoms with Crippen LogP contribution in [0.1, 0.15) is 12.0 Å². The second-order valence-electron chi connectivity index (χ2n) is 5.47. The predicted molar refractivity (Wildman–Crippen MR) is 76.0 cm³/mol. The molecular weight excluding hydrogens is 276 g/mol. The molecule has 108 valence electrons. The van der Waals surface area contributed by atoms with Crippen molar-refractivity contribution in [1.82, 2.24) is 4.31 Å². The normalized spacial score (nSPS) is 28.2. The largest absolute Gasteiger partial charge is 0.399 e. The summed E-state index contributed by atoms with van der Waals surface area (Å²) in [6, 6.07) is 7.01. The van der Waals surface area contributed by atoms with Gasteiger partial charge in [0, 0.05) is 19.0 Å². The molecule has 1 heterocycles. The molecule has 0 amide bonds. The predicted octanol–water partition coefficient (Wildman–Crippen LogP) is 1.64. The van der Waals surface area contributed by atoms with Crippen LogP contribution in [0.5, 0.6) is 0 Å². The molecule has 0 radical (unpaired) electrons. The van der Waals surface area contributed by atoms with Crippen molar-refractivity contribution in [3.8, 4) is 0 Å². The van der Waals surface area contributed by atoms with Crippen LogP contribution >= 0.6 is 0 Å². The lowest BCUT2D eigenvalue weighted by atomic mass is 9.74. The molecule has 1 aliphatic heterocycles. The third-order valence-electron chi connectivity index (χ3n) is 4.17. The Kier molecular flexibility index (Phi) is 3.30. The van der Waals surface area contributed by atoms with Gasteiger partial charge in [-0.25, -0.2) is 8.42 Å². The molecule has 3 rings (SSSR count). The second kappa shape index (κ2) is 4.86. The fraction of sp³-hybridized carbons (Fsp3) is 0.500. The van der Waals surface area contributed by atoms with E-state index in [1.807, 2.05) is 19.1 Å². The lowest BCUT2D eigenvalue weighted by Gasteiger charge is -2.29. The first-order valence-electron chi connectivity index (χ1n) is 6.69. The number of hydrogen-bond donors (Lipinski definition) is 0. The number of aryl methyl sites for hydroxylation is 1. The molecule has 0 unspecified atom stereocenters. The van der Waals surface area contributed by atoms with E-state index in [1.54, 1.807) is 16.4 Å². The van der Waals surface area contributed by atoms with Gasteiger partial charge in [0.15, 0.2) is 0 Å². The maximum absolute atomic E-state index is 12.6. The zero-order valence-electron chi connectivity index (χ0n) is 11.6. The summed E-state index contributed by atoms with van der Waals surface area (Å²) < 4.78 is 26.7. The van der Waals surface area contributed by atoms with Crippen LogP contribution in [0.4, 0.5) is 0 Å². The van der Waals surface area contributed by atoms with Gasteiger partial charge in [-0.3, -0.25) is 0 Å². The highest BCUT2D eigenvalue weighted by atomic mass is 32.2. The third-order valence-corrected chi connectivity index (χ3v) is 6.02. The monoisotopic (exact) mass is 294 g/mol. The standard InChI is InChI=1S/C14H18N2O3S/c1-10-3-5-12(6-4-10)20(17,18)16-8-11-7-14(15-19-2)13(11)9-16/h3-6,11,13H,7-9H2,1-2H3/t11-,13+/m0/s1. The number of hydrogen-bond acceptors (Lipinski definition) is 4. The topological polar surface area (TPSA) is 59.0 Å². The van der Waals surface area contributed by atoms with E-state index in [1.165, 1.54) is 7.11 Å². The molecule has 1 aromatic rings. The minimum absolute atomic E-state index is 0.232. The van der Waals surface area contributed by atoms with E-state index in [0.717, 1.165) is 17.7 Å². The van der Waals surface area contributed by atoms with Crippen molar-refractivity contribution >= 4 is 15.7 Å². The van der Waals surface area contributed by atoms with Crippen molar-refractivity contribution in [2.45, 2.75) is 18.2 Å². The van der Waals surface area contributed by atoms with E-state index in [4.69, 9.17) is 4.84 Å². The molecule has 1 saturated carbocycles. The Bertz CT molecular complexity index is 637. The Morgan fingerprint density at radius 3 is 2.60 bits per heavy atom. The fourth-order valence-electron chi connectivity index (χ4n) is 2.95. The van der Waals surface area contributed by atoms with Gasteiger partial charge >= 0.3 is 0 Å². The van der Waals surface area contributed by atoms with Crippen LogP contribution in [0.25, 0.3) is 0 Å². The summed E-state index contributed by atoms with van der Waals surface area (Å²) in [7, 11) is -1.86. The fourth-order valence-corrected chi connectivity index (χ4v) is 4.48. The Morgan fingerprint density at radius 1 is 1.25 bits per heavy atom. The molecule has 1 aliphatic carbocycles. The maximum Gasteiger partial charge on any atom is 0.243 e. The minimum Gasteiger partial charge on any atom is -0.399 e. The number of nitrogens with zero attached hydrogens (tertiary/aromatic N) is 2. The van der Waals surface area contributed by atoms with Crippen molar-refractivity contribution in [3.05, 3.63) is 29.8 Å². The molecule has 2 aliphatic rings. The number of fused-ring (bicyclic) bond motifs is 1. The summed E-state index contributed by atoms with van der Waals surface area (Å²) >= 11 is 0. The van der Waals surface area contributed by atoms with Crippen LogP contribution in [0.2, 0.25) is 0 Å². The Hall–Kier alpha value is -1.40. The van der Waals surface area contributed by atoms with Crippen molar-refractivity contribution in [2.24, 2.45) is 17.0 Å². The van der Waals surface area contributed by atoms with Crippen molar-refractivity contribution in [1.29, 1.82) is 0 Å². The number of oxime groups is 1. The highest BCUT2D eigenvalue weighted by molar-refractivity contribution is 7.89. The van der Waals surface area contributed by atoms with Gasteiger partial charge in [0.25, 0.3) is 0 Å².